The quantitative estimate of drug-likeness (QED) is 0.758. The fourth-order valence-corrected chi connectivity index (χ4v) is 2.17. The Morgan fingerprint density at radius 3 is 2.67 bits per heavy atom. The van der Waals surface area contributed by atoms with Crippen LogP contribution in [0.15, 0.2) is 0 Å². The van der Waals surface area contributed by atoms with E-state index in [1.54, 1.807) is 0 Å². The molecule has 0 bridgehead atoms. The van der Waals surface area contributed by atoms with E-state index in [1.807, 2.05) is 6.92 Å². The number of amides is 1. The molecule has 3 atom stereocenters. The van der Waals surface area contributed by atoms with Gasteiger partial charge in [-0.1, -0.05) is 13.8 Å². The summed E-state index contributed by atoms with van der Waals surface area (Å²) in [6, 6.07) is 0.662. The van der Waals surface area contributed by atoms with Crippen LogP contribution in [0.1, 0.15) is 40.5 Å². The van der Waals surface area contributed by atoms with Gasteiger partial charge in [-0.15, -0.1) is 0 Å². The Morgan fingerprint density at radius 1 is 1.44 bits per heavy atom. The third-order valence-corrected chi connectivity index (χ3v) is 3.67. The van der Waals surface area contributed by atoms with Crippen LogP contribution in [0, 0.1) is 11.8 Å². The fourth-order valence-electron chi connectivity index (χ4n) is 2.17. The first kappa shape index (κ1) is 15.4. The highest BCUT2D eigenvalue weighted by molar-refractivity contribution is 5.79. The molecule has 2 N–H and O–H groups in total. The summed E-state index contributed by atoms with van der Waals surface area (Å²) in [5, 5.41) is 6.50. The molecule has 106 valence electrons. The molecule has 0 saturated carbocycles. The Morgan fingerprint density at radius 2 is 2.17 bits per heavy atom. The van der Waals surface area contributed by atoms with Gasteiger partial charge in [0.15, 0.2) is 0 Å². The molecule has 1 heterocycles. The lowest BCUT2D eigenvalue weighted by atomic mass is 9.94. The van der Waals surface area contributed by atoms with Gasteiger partial charge in [0.2, 0.25) is 5.91 Å². The van der Waals surface area contributed by atoms with Crippen LogP contribution >= 0.6 is 0 Å². The number of carbonyl (C=O) groups excluding carboxylic acids is 1. The Hall–Kier alpha value is -0.610. The third kappa shape index (κ3) is 4.94. The zero-order valence-corrected chi connectivity index (χ0v) is 12.2. The van der Waals surface area contributed by atoms with Crippen molar-refractivity contribution in [2.75, 3.05) is 19.8 Å². The Bertz CT molecular complexity index is 248. The van der Waals surface area contributed by atoms with Crippen molar-refractivity contribution in [1.82, 2.24) is 10.6 Å². The van der Waals surface area contributed by atoms with Gasteiger partial charge in [0.05, 0.1) is 18.6 Å². The monoisotopic (exact) mass is 256 g/mol. The molecule has 1 fully saturated rings. The van der Waals surface area contributed by atoms with Gasteiger partial charge in [0, 0.05) is 19.2 Å². The smallest absolute Gasteiger partial charge is 0.224 e. The summed E-state index contributed by atoms with van der Waals surface area (Å²) in [6.45, 7) is 10.5. The Kier molecular flexibility index (Phi) is 6.65. The van der Waals surface area contributed by atoms with Crippen molar-refractivity contribution in [3.63, 3.8) is 0 Å². The molecule has 1 saturated heterocycles. The van der Waals surface area contributed by atoms with Gasteiger partial charge in [-0.3, -0.25) is 4.79 Å². The van der Waals surface area contributed by atoms with Crippen molar-refractivity contribution in [3.8, 4) is 0 Å². The van der Waals surface area contributed by atoms with Crippen molar-refractivity contribution in [3.05, 3.63) is 0 Å². The third-order valence-electron chi connectivity index (χ3n) is 3.67. The van der Waals surface area contributed by atoms with Crippen LogP contribution in [-0.2, 0) is 9.53 Å². The van der Waals surface area contributed by atoms with Crippen LogP contribution in [0.2, 0.25) is 0 Å². The summed E-state index contributed by atoms with van der Waals surface area (Å²) in [4.78, 5) is 12.2. The second kappa shape index (κ2) is 7.74. The molecule has 1 amide bonds. The van der Waals surface area contributed by atoms with Crippen molar-refractivity contribution in [2.45, 2.75) is 52.6 Å². The molecule has 18 heavy (non-hydrogen) atoms. The van der Waals surface area contributed by atoms with E-state index in [0.29, 0.717) is 25.2 Å². The number of nitrogens with one attached hydrogen (secondary N) is 2. The van der Waals surface area contributed by atoms with Gasteiger partial charge in [0.1, 0.15) is 0 Å². The largest absolute Gasteiger partial charge is 0.380 e. The molecule has 1 aliphatic heterocycles. The van der Waals surface area contributed by atoms with Gasteiger partial charge >= 0.3 is 0 Å². The van der Waals surface area contributed by atoms with Crippen molar-refractivity contribution >= 4 is 5.91 Å². The van der Waals surface area contributed by atoms with E-state index in [4.69, 9.17) is 4.74 Å². The van der Waals surface area contributed by atoms with Crippen molar-refractivity contribution in [1.29, 1.82) is 0 Å². The lowest BCUT2D eigenvalue weighted by Gasteiger charge is -2.29. The minimum Gasteiger partial charge on any atom is -0.380 e. The number of hydrogen-bond donors (Lipinski definition) is 2. The minimum absolute atomic E-state index is 0.115. The molecule has 3 unspecified atom stereocenters. The zero-order valence-electron chi connectivity index (χ0n) is 12.2. The molecule has 4 heteroatoms. The van der Waals surface area contributed by atoms with E-state index in [0.717, 1.165) is 19.4 Å². The summed E-state index contributed by atoms with van der Waals surface area (Å²) in [5.74, 6) is 0.688. The zero-order chi connectivity index (χ0) is 13.5. The SMILES string of the molecule is CCOCC(NC(=O)C1CCC(C)NC1)C(C)C. The number of ether oxygens (including phenoxy) is 1. The lowest BCUT2D eigenvalue weighted by molar-refractivity contribution is -0.127. The van der Waals surface area contributed by atoms with Crippen LogP contribution in [0.25, 0.3) is 0 Å². The maximum atomic E-state index is 12.2. The van der Waals surface area contributed by atoms with Crippen molar-refractivity contribution in [2.24, 2.45) is 11.8 Å². The predicted molar refractivity (Wildman–Crippen MR) is 73.5 cm³/mol. The van der Waals surface area contributed by atoms with Crippen LogP contribution < -0.4 is 10.6 Å². The summed E-state index contributed by atoms with van der Waals surface area (Å²) in [6.07, 6.45) is 2.06. The summed E-state index contributed by atoms with van der Waals surface area (Å²) < 4.78 is 5.43. The first-order valence-corrected chi connectivity index (χ1v) is 7.16. The van der Waals surface area contributed by atoms with Crippen LogP contribution in [0.3, 0.4) is 0 Å². The first-order chi connectivity index (χ1) is 8.54. The second-order valence-electron chi connectivity index (χ2n) is 5.60. The van der Waals surface area contributed by atoms with Crippen molar-refractivity contribution < 1.29 is 9.53 Å². The predicted octanol–water partition coefficient (Wildman–Crippen LogP) is 1.55. The van der Waals surface area contributed by atoms with Gasteiger partial charge in [0.25, 0.3) is 0 Å². The molecule has 0 aromatic heterocycles. The molecular formula is C14H28N2O2. The Balaban J connectivity index is 2.40. The fraction of sp³-hybridized carbons (Fsp3) is 0.929. The molecule has 0 aromatic rings. The van der Waals surface area contributed by atoms with E-state index in [2.05, 4.69) is 31.4 Å². The highest BCUT2D eigenvalue weighted by Crippen LogP contribution is 2.15. The molecule has 1 rings (SSSR count). The average Bonchev–Trinajstić information content (AvgIpc) is 2.34. The first-order valence-electron chi connectivity index (χ1n) is 7.16. The van der Waals surface area contributed by atoms with Crippen LogP contribution in [-0.4, -0.2) is 37.7 Å². The van der Waals surface area contributed by atoms with Crippen LogP contribution in [0.5, 0.6) is 0 Å². The van der Waals surface area contributed by atoms with E-state index >= 15 is 0 Å². The van der Waals surface area contributed by atoms with E-state index < -0.39 is 0 Å². The molecule has 4 nitrogen and oxygen atoms in total. The average molecular weight is 256 g/mol. The number of rotatable bonds is 6. The maximum absolute atomic E-state index is 12.2. The summed E-state index contributed by atoms with van der Waals surface area (Å²) in [7, 11) is 0. The molecule has 0 aliphatic carbocycles. The topological polar surface area (TPSA) is 50.4 Å². The molecular weight excluding hydrogens is 228 g/mol. The van der Waals surface area contributed by atoms with Gasteiger partial charge < -0.3 is 15.4 Å². The van der Waals surface area contributed by atoms with E-state index in [1.165, 1.54) is 0 Å². The standard InChI is InChI=1S/C14H28N2O2/c1-5-18-9-13(10(2)3)16-14(17)12-7-6-11(4)15-8-12/h10-13,15H,5-9H2,1-4H3,(H,16,17). The van der Waals surface area contributed by atoms with E-state index in [9.17, 15) is 4.79 Å². The van der Waals surface area contributed by atoms with Gasteiger partial charge in [-0.05, 0) is 32.6 Å². The molecule has 0 aromatic carbocycles. The maximum Gasteiger partial charge on any atom is 0.224 e. The van der Waals surface area contributed by atoms with Gasteiger partial charge in [-0.2, -0.15) is 0 Å². The normalized spacial score (nSPS) is 26.1. The van der Waals surface area contributed by atoms with Crippen LogP contribution in [0.4, 0.5) is 0 Å². The molecule has 1 aliphatic rings. The summed E-state index contributed by atoms with van der Waals surface area (Å²) >= 11 is 0. The second-order valence-corrected chi connectivity index (χ2v) is 5.60. The number of carbonyl (C=O) groups is 1. The lowest BCUT2D eigenvalue weighted by Crippen LogP contribution is -2.49. The number of piperidine rings is 1. The Labute approximate surface area is 111 Å². The van der Waals surface area contributed by atoms with Gasteiger partial charge in [-0.25, -0.2) is 0 Å². The highest BCUT2D eigenvalue weighted by atomic mass is 16.5. The number of hydrogen-bond acceptors (Lipinski definition) is 3. The van der Waals surface area contributed by atoms with E-state index in [-0.39, 0.29) is 17.9 Å². The molecule has 0 radical (unpaired) electrons. The highest BCUT2D eigenvalue weighted by Gasteiger charge is 2.26. The minimum atomic E-state index is 0.115. The summed E-state index contributed by atoms with van der Waals surface area (Å²) in [5.41, 5.74) is 0. The molecule has 0 spiro atoms.